The van der Waals surface area contributed by atoms with E-state index in [1.807, 2.05) is 0 Å². The van der Waals surface area contributed by atoms with E-state index in [4.69, 9.17) is 5.73 Å². The third-order valence-electron chi connectivity index (χ3n) is 5.45. The topological polar surface area (TPSA) is 83.7 Å². The van der Waals surface area contributed by atoms with Crippen molar-refractivity contribution >= 4 is 17.7 Å². The first-order valence-electron chi connectivity index (χ1n) is 8.48. The maximum absolute atomic E-state index is 12.5. The summed E-state index contributed by atoms with van der Waals surface area (Å²) in [5.74, 6) is -0.759. The summed E-state index contributed by atoms with van der Waals surface area (Å²) < 4.78 is 0. The number of carbonyl (C=O) groups excluding carboxylic acids is 3. The van der Waals surface area contributed by atoms with Crippen molar-refractivity contribution in [1.82, 2.24) is 9.80 Å². The molecule has 3 aliphatic rings. The molecule has 1 aliphatic carbocycles. The molecule has 3 atom stereocenters. The molecule has 3 fully saturated rings. The Kier molecular flexibility index (Phi) is 4.47. The lowest BCUT2D eigenvalue weighted by Gasteiger charge is -2.35. The third-order valence-corrected chi connectivity index (χ3v) is 5.45. The number of imide groups is 1. The summed E-state index contributed by atoms with van der Waals surface area (Å²) in [6, 6.07) is 0.0522. The monoisotopic (exact) mass is 307 g/mol. The third kappa shape index (κ3) is 2.64. The van der Waals surface area contributed by atoms with Gasteiger partial charge in [0.2, 0.25) is 17.7 Å². The highest BCUT2D eigenvalue weighted by Gasteiger charge is 2.48. The van der Waals surface area contributed by atoms with Crippen LogP contribution in [-0.2, 0) is 14.4 Å². The number of amides is 3. The summed E-state index contributed by atoms with van der Waals surface area (Å²) >= 11 is 0. The van der Waals surface area contributed by atoms with E-state index in [9.17, 15) is 14.4 Å². The van der Waals surface area contributed by atoms with Gasteiger partial charge in [-0.3, -0.25) is 19.3 Å². The maximum atomic E-state index is 12.5. The fourth-order valence-electron chi connectivity index (χ4n) is 4.19. The molecule has 2 heterocycles. The van der Waals surface area contributed by atoms with Crippen molar-refractivity contribution in [2.45, 2.75) is 51.0 Å². The van der Waals surface area contributed by atoms with Gasteiger partial charge in [0, 0.05) is 19.1 Å². The van der Waals surface area contributed by atoms with E-state index in [-0.39, 0.29) is 42.1 Å². The van der Waals surface area contributed by atoms with Gasteiger partial charge in [0.05, 0.1) is 11.8 Å². The van der Waals surface area contributed by atoms with E-state index >= 15 is 0 Å². The van der Waals surface area contributed by atoms with E-state index in [0.29, 0.717) is 13.1 Å². The van der Waals surface area contributed by atoms with Gasteiger partial charge in [0.15, 0.2) is 0 Å². The lowest BCUT2D eigenvalue weighted by molar-refractivity contribution is -0.148. The number of piperidine rings is 1. The molecule has 0 radical (unpaired) electrons. The van der Waals surface area contributed by atoms with Gasteiger partial charge in [-0.05, 0) is 32.1 Å². The number of likely N-dealkylation sites (tertiary alicyclic amines) is 2. The molecule has 6 nitrogen and oxygen atoms in total. The van der Waals surface area contributed by atoms with Gasteiger partial charge < -0.3 is 10.6 Å². The molecule has 22 heavy (non-hydrogen) atoms. The second-order valence-corrected chi connectivity index (χ2v) is 6.73. The molecular formula is C16H25N3O3. The van der Waals surface area contributed by atoms with Crippen molar-refractivity contribution in [3.63, 3.8) is 0 Å². The van der Waals surface area contributed by atoms with E-state index in [2.05, 4.69) is 0 Å². The number of rotatable bonds is 3. The Hall–Kier alpha value is -1.43. The summed E-state index contributed by atoms with van der Waals surface area (Å²) in [4.78, 5) is 40.4. The van der Waals surface area contributed by atoms with Crippen molar-refractivity contribution in [1.29, 1.82) is 0 Å². The SMILES string of the molecule is NCC1CCCCN1C(=O)CN1C(=O)C2CCCCC2C1=O. The Morgan fingerprint density at radius 1 is 1.00 bits per heavy atom. The second-order valence-electron chi connectivity index (χ2n) is 6.73. The smallest absolute Gasteiger partial charge is 0.243 e. The van der Waals surface area contributed by atoms with Gasteiger partial charge in [-0.25, -0.2) is 0 Å². The van der Waals surface area contributed by atoms with Crippen LogP contribution in [0.2, 0.25) is 0 Å². The average Bonchev–Trinajstić information content (AvgIpc) is 2.80. The van der Waals surface area contributed by atoms with Crippen LogP contribution in [0.4, 0.5) is 0 Å². The Morgan fingerprint density at radius 2 is 1.59 bits per heavy atom. The first kappa shape index (κ1) is 15.5. The normalized spacial score (nSPS) is 32.3. The van der Waals surface area contributed by atoms with Crippen molar-refractivity contribution in [2.24, 2.45) is 17.6 Å². The fourth-order valence-corrected chi connectivity index (χ4v) is 4.19. The van der Waals surface area contributed by atoms with Crippen LogP contribution in [0.3, 0.4) is 0 Å². The molecule has 0 aromatic rings. The van der Waals surface area contributed by atoms with Gasteiger partial charge in [0.25, 0.3) is 0 Å². The van der Waals surface area contributed by atoms with Gasteiger partial charge in [0.1, 0.15) is 6.54 Å². The van der Waals surface area contributed by atoms with Crippen LogP contribution in [0.25, 0.3) is 0 Å². The Bertz CT molecular complexity index is 455. The highest BCUT2D eigenvalue weighted by atomic mass is 16.2. The van der Waals surface area contributed by atoms with Gasteiger partial charge in [-0.15, -0.1) is 0 Å². The molecule has 0 bridgehead atoms. The summed E-state index contributed by atoms with van der Waals surface area (Å²) in [5.41, 5.74) is 5.75. The molecule has 2 saturated heterocycles. The molecule has 122 valence electrons. The highest BCUT2D eigenvalue weighted by molar-refractivity contribution is 6.07. The predicted octanol–water partition coefficient (Wildman–Crippen LogP) is 0.501. The molecular weight excluding hydrogens is 282 g/mol. The molecule has 6 heteroatoms. The Balaban J connectivity index is 1.68. The second kappa shape index (κ2) is 6.36. The summed E-state index contributed by atoms with van der Waals surface area (Å²) in [7, 11) is 0. The van der Waals surface area contributed by atoms with Crippen LogP contribution in [0.5, 0.6) is 0 Å². The molecule has 2 N–H and O–H groups in total. The Morgan fingerprint density at radius 3 is 2.18 bits per heavy atom. The lowest BCUT2D eigenvalue weighted by atomic mass is 9.81. The zero-order chi connectivity index (χ0) is 15.7. The molecule has 2 aliphatic heterocycles. The van der Waals surface area contributed by atoms with E-state index < -0.39 is 0 Å². The molecule has 0 aromatic carbocycles. The van der Waals surface area contributed by atoms with Crippen molar-refractivity contribution < 1.29 is 14.4 Å². The zero-order valence-electron chi connectivity index (χ0n) is 13.0. The molecule has 3 amide bonds. The van der Waals surface area contributed by atoms with Gasteiger partial charge >= 0.3 is 0 Å². The van der Waals surface area contributed by atoms with Gasteiger partial charge in [-0.2, -0.15) is 0 Å². The van der Waals surface area contributed by atoms with E-state index in [1.54, 1.807) is 4.90 Å². The van der Waals surface area contributed by atoms with Crippen LogP contribution in [0.15, 0.2) is 0 Å². The summed E-state index contributed by atoms with van der Waals surface area (Å²) in [5, 5.41) is 0. The van der Waals surface area contributed by atoms with Gasteiger partial charge in [-0.1, -0.05) is 12.8 Å². The van der Waals surface area contributed by atoms with Crippen LogP contribution < -0.4 is 5.73 Å². The first-order valence-corrected chi connectivity index (χ1v) is 8.48. The van der Waals surface area contributed by atoms with Crippen molar-refractivity contribution in [3.8, 4) is 0 Å². The zero-order valence-corrected chi connectivity index (χ0v) is 13.0. The van der Waals surface area contributed by atoms with E-state index in [1.165, 1.54) is 4.90 Å². The molecule has 0 aromatic heterocycles. The number of hydrogen-bond acceptors (Lipinski definition) is 4. The summed E-state index contributed by atoms with van der Waals surface area (Å²) in [6.45, 7) is 1.03. The fraction of sp³-hybridized carbons (Fsp3) is 0.812. The largest absolute Gasteiger partial charge is 0.337 e. The highest BCUT2D eigenvalue weighted by Crippen LogP contribution is 2.38. The lowest BCUT2D eigenvalue weighted by Crippen LogP contribution is -2.51. The molecule has 3 rings (SSSR count). The first-order chi connectivity index (χ1) is 10.6. The number of fused-ring (bicyclic) bond motifs is 1. The number of nitrogens with zero attached hydrogens (tertiary/aromatic N) is 2. The van der Waals surface area contributed by atoms with Crippen LogP contribution in [0, 0.1) is 11.8 Å². The van der Waals surface area contributed by atoms with Crippen LogP contribution >= 0.6 is 0 Å². The number of hydrogen-bond donors (Lipinski definition) is 1. The van der Waals surface area contributed by atoms with Crippen molar-refractivity contribution in [3.05, 3.63) is 0 Å². The number of nitrogens with two attached hydrogens (primary N) is 1. The minimum atomic E-state index is -0.180. The molecule has 3 unspecified atom stereocenters. The van der Waals surface area contributed by atoms with Crippen molar-refractivity contribution in [2.75, 3.05) is 19.6 Å². The summed E-state index contributed by atoms with van der Waals surface area (Å²) in [6.07, 6.45) is 6.54. The quantitative estimate of drug-likeness (QED) is 0.770. The Labute approximate surface area is 131 Å². The maximum Gasteiger partial charge on any atom is 0.243 e. The minimum Gasteiger partial charge on any atom is -0.337 e. The van der Waals surface area contributed by atoms with E-state index in [0.717, 1.165) is 44.9 Å². The number of carbonyl (C=O) groups is 3. The van der Waals surface area contributed by atoms with Crippen LogP contribution in [0.1, 0.15) is 44.9 Å². The minimum absolute atomic E-state index is 0.0522. The molecule has 1 saturated carbocycles. The van der Waals surface area contributed by atoms with Crippen LogP contribution in [-0.4, -0.2) is 53.2 Å². The standard InChI is InChI=1S/C16H25N3O3/c17-9-11-5-3-4-8-18(11)14(20)10-19-15(21)12-6-1-2-7-13(12)16(19)22/h11-13H,1-10,17H2. The predicted molar refractivity (Wildman–Crippen MR) is 80.6 cm³/mol. The average molecular weight is 307 g/mol. The molecule has 0 spiro atoms.